The SMILES string of the molecule is C=Cc1oc2c(C(=C)c3ccccc3)cccc2c1/C=C\C. The first kappa shape index (κ1) is 14.2. The van der Waals surface area contributed by atoms with Gasteiger partial charge in [0.25, 0.3) is 0 Å². The minimum Gasteiger partial charge on any atom is -0.455 e. The average molecular weight is 286 g/mol. The molecule has 3 aromatic rings. The summed E-state index contributed by atoms with van der Waals surface area (Å²) >= 11 is 0. The molecule has 2 aromatic carbocycles. The smallest absolute Gasteiger partial charge is 0.143 e. The Labute approximate surface area is 130 Å². The van der Waals surface area contributed by atoms with E-state index < -0.39 is 0 Å². The highest BCUT2D eigenvalue weighted by Crippen LogP contribution is 2.34. The van der Waals surface area contributed by atoms with Gasteiger partial charge in [-0.3, -0.25) is 0 Å². The number of hydrogen-bond donors (Lipinski definition) is 0. The first-order valence-electron chi connectivity index (χ1n) is 7.31. The Balaban J connectivity index is 2.24. The van der Waals surface area contributed by atoms with E-state index in [1.54, 1.807) is 6.08 Å². The van der Waals surface area contributed by atoms with Gasteiger partial charge in [-0.25, -0.2) is 0 Å². The van der Waals surface area contributed by atoms with Gasteiger partial charge >= 0.3 is 0 Å². The second kappa shape index (κ2) is 5.90. The summed E-state index contributed by atoms with van der Waals surface area (Å²) in [5.74, 6) is 0.793. The molecular weight excluding hydrogens is 268 g/mol. The molecule has 0 saturated heterocycles. The van der Waals surface area contributed by atoms with Crippen LogP contribution in [0.25, 0.3) is 28.7 Å². The van der Waals surface area contributed by atoms with Crippen molar-refractivity contribution in [1.82, 2.24) is 0 Å². The van der Waals surface area contributed by atoms with Gasteiger partial charge in [-0.2, -0.15) is 0 Å². The average Bonchev–Trinajstić information content (AvgIpc) is 2.93. The van der Waals surface area contributed by atoms with Gasteiger partial charge in [-0.15, -0.1) is 0 Å². The van der Waals surface area contributed by atoms with Crippen molar-refractivity contribution in [3.63, 3.8) is 0 Å². The molecule has 1 heteroatoms. The summed E-state index contributed by atoms with van der Waals surface area (Å²) in [4.78, 5) is 0. The largest absolute Gasteiger partial charge is 0.455 e. The Morgan fingerprint density at radius 3 is 2.50 bits per heavy atom. The molecule has 0 N–H and O–H groups in total. The lowest BCUT2D eigenvalue weighted by Gasteiger charge is -2.06. The lowest BCUT2D eigenvalue weighted by Crippen LogP contribution is -1.86. The van der Waals surface area contributed by atoms with Crippen LogP contribution >= 0.6 is 0 Å². The topological polar surface area (TPSA) is 13.1 Å². The Morgan fingerprint density at radius 2 is 1.82 bits per heavy atom. The van der Waals surface area contributed by atoms with E-state index in [0.29, 0.717) is 0 Å². The zero-order valence-corrected chi connectivity index (χ0v) is 12.7. The molecule has 0 aliphatic rings. The summed E-state index contributed by atoms with van der Waals surface area (Å²) in [6.07, 6.45) is 5.82. The van der Waals surface area contributed by atoms with E-state index in [0.717, 1.165) is 39.0 Å². The van der Waals surface area contributed by atoms with Gasteiger partial charge in [0.05, 0.1) is 0 Å². The third kappa shape index (κ3) is 2.31. The number of para-hydroxylation sites is 1. The molecule has 1 aromatic heterocycles. The zero-order valence-electron chi connectivity index (χ0n) is 12.7. The fraction of sp³-hybridized carbons (Fsp3) is 0.0476. The summed E-state index contributed by atoms with van der Waals surface area (Å²) in [5.41, 5.74) is 5.00. The molecule has 108 valence electrons. The third-order valence-electron chi connectivity index (χ3n) is 3.75. The number of benzene rings is 2. The highest BCUT2D eigenvalue weighted by molar-refractivity contribution is 5.99. The molecule has 0 amide bonds. The van der Waals surface area contributed by atoms with Crippen LogP contribution in [-0.2, 0) is 0 Å². The number of allylic oxidation sites excluding steroid dienone is 1. The summed E-state index contributed by atoms with van der Waals surface area (Å²) in [5, 5.41) is 1.09. The summed E-state index contributed by atoms with van der Waals surface area (Å²) in [7, 11) is 0. The number of rotatable bonds is 4. The van der Waals surface area contributed by atoms with Gasteiger partial charge in [-0.1, -0.05) is 73.8 Å². The molecular formula is C21H18O. The van der Waals surface area contributed by atoms with Crippen molar-refractivity contribution in [1.29, 1.82) is 0 Å². The molecule has 0 saturated carbocycles. The highest BCUT2D eigenvalue weighted by atomic mass is 16.3. The van der Waals surface area contributed by atoms with Crippen molar-refractivity contribution >= 4 is 28.7 Å². The summed E-state index contributed by atoms with van der Waals surface area (Å²) in [6, 6.07) is 16.3. The molecule has 0 atom stereocenters. The van der Waals surface area contributed by atoms with Gasteiger partial charge in [0.15, 0.2) is 0 Å². The van der Waals surface area contributed by atoms with E-state index in [1.807, 2.05) is 43.3 Å². The zero-order chi connectivity index (χ0) is 15.5. The molecule has 0 aliphatic heterocycles. The van der Waals surface area contributed by atoms with Crippen molar-refractivity contribution in [2.45, 2.75) is 6.92 Å². The molecule has 0 spiro atoms. The highest BCUT2D eigenvalue weighted by Gasteiger charge is 2.15. The molecule has 1 heterocycles. The molecule has 1 nitrogen and oxygen atoms in total. The molecule has 0 fully saturated rings. The molecule has 0 radical (unpaired) electrons. The van der Waals surface area contributed by atoms with Crippen LogP contribution in [0.4, 0.5) is 0 Å². The lowest BCUT2D eigenvalue weighted by molar-refractivity contribution is 0.602. The van der Waals surface area contributed by atoms with Crippen LogP contribution < -0.4 is 0 Å². The number of fused-ring (bicyclic) bond motifs is 1. The van der Waals surface area contributed by atoms with E-state index in [4.69, 9.17) is 4.42 Å². The quantitative estimate of drug-likeness (QED) is 0.559. The minimum absolute atomic E-state index is 0.793. The van der Waals surface area contributed by atoms with Crippen LogP contribution in [0.15, 0.2) is 72.2 Å². The monoisotopic (exact) mass is 286 g/mol. The normalized spacial score (nSPS) is 11.1. The van der Waals surface area contributed by atoms with Crippen molar-refractivity contribution in [2.24, 2.45) is 0 Å². The van der Waals surface area contributed by atoms with Crippen LogP contribution in [0.3, 0.4) is 0 Å². The van der Waals surface area contributed by atoms with E-state index in [9.17, 15) is 0 Å². The Kier molecular flexibility index (Phi) is 3.80. The van der Waals surface area contributed by atoms with E-state index in [-0.39, 0.29) is 0 Å². The van der Waals surface area contributed by atoms with Crippen LogP contribution in [0, 0.1) is 0 Å². The Hall–Kier alpha value is -2.80. The molecule has 3 rings (SSSR count). The van der Waals surface area contributed by atoms with Gasteiger partial charge in [0.1, 0.15) is 11.3 Å². The Bertz CT molecular complexity index is 864. The first-order valence-corrected chi connectivity index (χ1v) is 7.31. The van der Waals surface area contributed by atoms with E-state index in [2.05, 4.69) is 37.4 Å². The standard InChI is InChI=1S/C21H18O/c1-4-10-18-19-14-9-13-17(21(19)22-20(18)5-2)15(3)16-11-7-6-8-12-16/h4-14H,2-3H2,1H3/b10-4-. The van der Waals surface area contributed by atoms with E-state index in [1.165, 1.54) is 0 Å². The van der Waals surface area contributed by atoms with Crippen LogP contribution in [0.5, 0.6) is 0 Å². The summed E-state index contributed by atoms with van der Waals surface area (Å²) < 4.78 is 6.04. The summed E-state index contributed by atoms with van der Waals surface area (Å²) in [6.45, 7) is 10.1. The van der Waals surface area contributed by atoms with Gasteiger partial charge in [0.2, 0.25) is 0 Å². The van der Waals surface area contributed by atoms with Crippen LogP contribution in [-0.4, -0.2) is 0 Å². The van der Waals surface area contributed by atoms with Crippen molar-refractivity contribution < 1.29 is 4.42 Å². The van der Waals surface area contributed by atoms with Crippen LogP contribution in [0.2, 0.25) is 0 Å². The predicted octanol–water partition coefficient (Wildman–Crippen LogP) is 6.17. The third-order valence-corrected chi connectivity index (χ3v) is 3.75. The maximum atomic E-state index is 6.04. The lowest BCUT2D eigenvalue weighted by atomic mass is 9.97. The first-order chi connectivity index (χ1) is 10.8. The number of furan rings is 1. The van der Waals surface area contributed by atoms with Crippen molar-refractivity contribution in [3.8, 4) is 0 Å². The van der Waals surface area contributed by atoms with Crippen LogP contribution in [0.1, 0.15) is 29.4 Å². The molecule has 22 heavy (non-hydrogen) atoms. The number of hydrogen-bond acceptors (Lipinski definition) is 1. The van der Waals surface area contributed by atoms with Gasteiger partial charge in [-0.05, 0) is 24.1 Å². The fourth-order valence-corrected chi connectivity index (χ4v) is 2.68. The second-order valence-corrected chi connectivity index (χ2v) is 5.11. The Morgan fingerprint density at radius 1 is 1.05 bits per heavy atom. The van der Waals surface area contributed by atoms with Crippen molar-refractivity contribution in [3.05, 3.63) is 90.2 Å². The van der Waals surface area contributed by atoms with Crippen molar-refractivity contribution in [2.75, 3.05) is 0 Å². The predicted molar refractivity (Wildman–Crippen MR) is 95.6 cm³/mol. The fourth-order valence-electron chi connectivity index (χ4n) is 2.68. The molecule has 0 bridgehead atoms. The maximum Gasteiger partial charge on any atom is 0.143 e. The second-order valence-electron chi connectivity index (χ2n) is 5.11. The minimum atomic E-state index is 0.793. The van der Waals surface area contributed by atoms with E-state index >= 15 is 0 Å². The van der Waals surface area contributed by atoms with Gasteiger partial charge < -0.3 is 4.42 Å². The molecule has 0 unspecified atom stereocenters. The maximum absolute atomic E-state index is 6.04. The molecule has 0 aliphatic carbocycles. The van der Waals surface area contributed by atoms with Gasteiger partial charge in [0, 0.05) is 16.5 Å².